The van der Waals surface area contributed by atoms with Crippen LogP contribution in [-0.2, 0) is 9.53 Å². The van der Waals surface area contributed by atoms with Crippen LogP contribution in [0.5, 0.6) is 0 Å². The van der Waals surface area contributed by atoms with E-state index < -0.39 is 0 Å². The Labute approximate surface area is 163 Å². The second kappa shape index (κ2) is 8.84. The summed E-state index contributed by atoms with van der Waals surface area (Å²) >= 11 is 0. The van der Waals surface area contributed by atoms with Gasteiger partial charge in [-0.25, -0.2) is 4.39 Å². The van der Waals surface area contributed by atoms with Crippen LogP contribution in [0.3, 0.4) is 0 Å². The summed E-state index contributed by atoms with van der Waals surface area (Å²) in [6.45, 7) is 5.79. The number of nitrogens with one attached hydrogen (secondary N) is 2. The highest BCUT2D eigenvalue weighted by molar-refractivity contribution is 6.01. The lowest BCUT2D eigenvalue weighted by atomic mass is 10.1. The van der Waals surface area contributed by atoms with E-state index in [1.165, 1.54) is 19.1 Å². The van der Waals surface area contributed by atoms with Gasteiger partial charge in [0.05, 0.1) is 30.5 Å². The van der Waals surface area contributed by atoms with Crippen LogP contribution < -0.4 is 15.5 Å². The molecule has 1 heterocycles. The maximum absolute atomic E-state index is 13.1. The van der Waals surface area contributed by atoms with E-state index in [0.29, 0.717) is 37.6 Å². The Morgan fingerprint density at radius 3 is 2.43 bits per heavy atom. The van der Waals surface area contributed by atoms with Crippen LogP contribution in [0.25, 0.3) is 0 Å². The van der Waals surface area contributed by atoms with Crippen molar-refractivity contribution in [1.29, 1.82) is 0 Å². The lowest BCUT2D eigenvalue weighted by Gasteiger charge is -2.31. The maximum Gasteiger partial charge on any atom is 0.253 e. The molecule has 1 fully saturated rings. The van der Waals surface area contributed by atoms with Gasteiger partial charge in [0, 0.05) is 25.7 Å². The Hall–Kier alpha value is -2.93. The highest BCUT2D eigenvalue weighted by Crippen LogP contribution is 2.27. The first kappa shape index (κ1) is 19.8. The van der Waals surface area contributed by atoms with E-state index in [4.69, 9.17) is 4.74 Å². The highest BCUT2D eigenvalue weighted by Gasteiger charge is 2.21. The molecular formula is C21H24FN3O3. The van der Waals surface area contributed by atoms with Crippen LogP contribution in [0.1, 0.15) is 35.8 Å². The minimum Gasteiger partial charge on any atom is -0.378 e. The molecule has 0 radical (unpaired) electrons. The molecule has 28 heavy (non-hydrogen) atoms. The second-order valence-corrected chi connectivity index (χ2v) is 6.76. The van der Waals surface area contributed by atoms with Crippen molar-refractivity contribution in [2.45, 2.75) is 19.9 Å². The molecular weight excluding hydrogens is 361 g/mol. The number of halogens is 1. The largest absolute Gasteiger partial charge is 0.378 e. The van der Waals surface area contributed by atoms with Gasteiger partial charge in [0.15, 0.2) is 0 Å². The average Bonchev–Trinajstić information content (AvgIpc) is 2.68. The van der Waals surface area contributed by atoms with Crippen LogP contribution in [-0.4, -0.2) is 38.1 Å². The lowest BCUT2D eigenvalue weighted by molar-refractivity contribution is -0.114. The normalized spacial score (nSPS) is 15.0. The van der Waals surface area contributed by atoms with Gasteiger partial charge >= 0.3 is 0 Å². The number of nitrogens with zero attached hydrogens (tertiary/aromatic N) is 1. The van der Waals surface area contributed by atoms with Crippen LogP contribution in [0.15, 0.2) is 42.5 Å². The molecule has 0 aliphatic carbocycles. The SMILES string of the molecule is CC(=O)Nc1ccc(C(=O)NC(C)c2ccc(F)cc2)c(N2CCOCC2)c1. The van der Waals surface area contributed by atoms with E-state index in [9.17, 15) is 14.0 Å². The van der Waals surface area contributed by atoms with Crippen molar-refractivity contribution in [3.05, 3.63) is 59.4 Å². The first-order valence-electron chi connectivity index (χ1n) is 9.24. The number of rotatable bonds is 5. The highest BCUT2D eigenvalue weighted by atomic mass is 19.1. The summed E-state index contributed by atoms with van der Waals surface area (Å²) in [5, 5.41) is 5.72. The monoisotopic (exact) mass is 385 g/mol. The number of carbonyl (C=O) groups excluding carboxylic acids is 2. The summed E-state index contributed by atoms with van der Waals surface area (Å²) in [5.41, 5.74) is 2.72. The van der Waals surface area contributed by atoms with E-state index in [1.54, 1.807) is 24.3 Å². The number of benzene rings is 2. The molecule has 148 valence electrons. The number of morpholine rings is 1. The Kier molecular flexibility index (Phi) is 6.26. The molecule has 6 nitrogen and oxygen atoms in total. The maximum atomic E-state index is 13.1. The third-order valence-electron chi connectivity index (χ3n) is 4.63. The number of hydrogen-bond donors (Lipinski definition) is 2. The minimum absolute atomic E-state index is 0.171. The molecule has 1 aliphatic heterocycles. The molecule has 7 heteroatoms. The number of anilines is 2. The van der Waals surface area contributed by atoms with Crippen molar-refractivity contribution < 1.29 is 18.7 Å². The van der Waals surface area contributed by atoms with Gasteiger partial charge in [0.25, 0.3) is 5.91 Å². The number of carbonyl (C=O) groups is 2. The predicted molar refractivity (Wildman–Crippen MR) is 106 cm³/mol. The van der Waals surface area contributed by atoms with Crippen LogP contribution in [0.4, 0.5) is 15.8 Å². The van der Waals surface area contributed by atoms with Gasteiger partial charge in [-0.15, -0.1) is 0 Å². The standard InChI is InChI=1S/C21H24FN3O3/c1-14(16-3-5-17(22)6-4-16)23-21(27)19-8-7-18(24-15(2)26)13-20(19)25-9-11-28-12-10-25/h3-8,13-14H,9-12H2,1-2H3,(H,23,27)(H,24,26). The second-order valence-electron chi connectivity index (χ2n) is 6.76. The molecule has 0 bridgehead atoms. The third kappa shape index (κ3) is 4.86. The molecule has 2 aromatic carbocycles. The van der Waals surface area contributed by atoms with Gasteiger partial charge in [-0.1, -0.05) is 12.1 Å². The Morgan fingerprint density at radius 2 is 1.79 bits per heavy atom. The number of hydrogen-bond acceptors (Lipinski definition) is 4. The molecule has 1 saturated heterocycles. The van der Waals surface area contributed by atoms with Gasteiger partial charge in [0.1, 0.15) is 5.82 Å². The van der Waals surface area contributed by atoms with Crippen molar-refractivity contribution in [3.8, 4) is 0 Å². The molecule has 2 N–H and O–H groups in total. The van der Waals surface area contributed by atoms with Gasteiger partial charge in [-0.05, 0) is 42.8 Å². The fourth-order valence-corrected chi connectivity index (χ4v) is 3.18. The van der Waals surface area contributed by atoms with E-state index in [0.717, 1.165) is 11.3 Å². The van der Waals surface area contributed by atoms with Crippen molar-refractivity contribution in [1.82, 2.24) is 5.32 Å². The van der Waals surface area contributed by atoms with Crippen LogP contribution in [0, 0.1) is 5.82 Å². The molecule has 0 saturated carbocycles. The topological polar surface area (TPSA) is 70.7 Å². The summed E-state index contributed by atoms with van der Waals surface area (Å²) in [4.78, 5) is 26.4. The van der Waals surface area contributed by atoms with Crippen LogP contribution in [0.2, 0.25) is 0 Å². The summed E-state index contributed by atoms with van der Waals surface area (Å²) in [5.74, 6) is -0.715. The van der Waals surface area contributed by atoms with Gasteiger partial charge in [0.2, 0.25) is 5.91 Å². The number of amides is 2. The molecule has 1 unspecified atom stereocenters. The van der Waals surface area contributed by atoms with Crippen molar-refractivity contribution in [2.75, 3.05) is 36.5 Å². The fraction of sp³-hybridized carbons (Fsp3) is 0.333. The third-order valence-corrected chi connectivity index (χ3v) is 4.63. The van der Waals surface area contributed by atoms with E-state index in [-0.39, 0.29) is 23.7 Å². The van der Waals surface area contributed by atoms with Gasteiger partial charge in [-0.3, -0.25) is 9.59 Å². The molecule has 3 rings (SSSR count). The summed E-state index contributed by atoms with van der Waals surface area (Å²) < 4.78 is 18.5. The van der Waals surface area contributed by atoms with Crippen LogP contribution >= 0.6 is 0 Å². The molecule has 1 aliphatic rings. The summed E-state index contributed by atoms with van der Waals surface area (Å²) in [6, 6.07) is 11.0. The van der Waals surface area contributed by atoms with Gasteiger partial charge in [-0.2, -0.15) is 0 Å². The average molecular weight is 385 g/mol. The Balaban J connectivity index is 1.84. The quantitative estimate of drug-likeness (QED) is 0.830. The molecule has 0 aromatic heterocycles. The predicted octanol–water partition coefficient (Wildman–Crippen LogP) is 3.11. The Morgan fingerprint density at radius 1 is 1.11 bits per heavy atom. The first-order chi connectivity index (χ1) is 13.4. The Bertz CT molecular complexity index is 848. The zero-order valence-electron chi connectivity index (χ0n) is 16.0. The zero-order valence-corrected chi connectivity index (χ0v) is 16.0. The molecule has 2 aromatic rings. The number of ether oxygens (including phenoxy) is 1. The zero-order chi connectivity index (χ0) is 20.1. The van der Waals surface area contributed by atoms with Crippen molar-refractivity contribution in [2.24, 2.45) is 0 Å². The first-order valence-corrected chi connectivity index (χ1v) is 9.24. The molecule has 0 spiro atoms. The molecule has 2 amide bonds. The fourth-order valence-electron chi connectivity index (χ4n) is 3.18. The van der Waals surface area contributed by atoms with E-state index in [2.05, 4.69) is 15.5 Å². The summed E-state index contributed by atoms with van der Waals surface area (Å²) in [6.07, 6.45) is 0. The van der Waals surface area contributed by atoms with Crippen molar-refractivity contribution >= 4 is 23.2 Å². The summed E-state index contributed by atoms with van der Waals surface area (Å²) in [7, 11) is 0. The lowest BCUT2D eigenvalue weighted by Crippen LogP contribution is -2.38. The minimum atomic E-state index is -0.314. The van der Waals surface area contributed by atoms with E-state index >= 15 is 0 Å². The van der Waals surface area contributed by atoms with Crippen molar-refractivity contribution in [3.63, 3.8) is 0 Å². The van der Waals surface area contributed by atoms with E-state index in [1.807, 2.05) is 13.0 Å². The molecule has 1 atom stereocenters. The smallest absolute Gasteiger partial charge is 0.253 e. The van der Waals surface area contributed by atoms with Gasteiger partial charge < -0.3 is 20.3 Å².